The van der Waals surface area contributed by atoms with Crippen molar-refractivity contribution in [1.82, 2.24) is 4.72 Å². The second-order valence-electron chi connectivity index (χ2n) is 3.38. The average Bonchev–Trinajstić information content (AvgIpc) is 2.30. The first-order valence-corrected chi connectivity index (χ1v) is 6.92. The predicted octanol–water partition coefficient (Wildman–Crippen LogP) is 0.746. The summed E-state index contributed by atoms with van der Waals surface area (Å²) in [4.78, 5) is 0.193. The number of aliphatic hydroxyl groups is 1. The molecule has 0 aliphatic heterocycles. The standard InChI is InChI=1S/C11H17NO4S/c1-2-16-10-4-6-11(7-5-10)17(14,15)12-8-3-9-13/h4-7,12-13H,2-3,8-9H2,1H3. The highest BCUT2D eigenvalue weighted by atomic mass is 32.2. The number of hydrogen-bond donors (Lipinski definition) is 2. The molecule has 0 saturated heterocycles. The van der Waals surface area contributed by atoms with Crippen LogP contribution in [0.25, 0.3) is 0 Å². The molecule has 0 unspecified atom stereocenters. The van der Waals surface area contributed by atoms with Crippen molar-refractivity contribution in [3.63, 3.8) is 0 Å². The average molecular weight is 259 g/mol. The van der Waals surface area contributed by atoms with Crippen LogP contribution < -0.4 is 9.46 Å². The fourth-order valence-electron chi connectivity index (χ4n) is 1.25. The molecule has 1 aromatic rings. The lowest BCUT2D eigenvalue weighted by molar-refractivity contribution is 0.289. The Bertz CT molecular complexity index is 427. The van der Waals surface area contributed by atoms with Gasteiger partial charge in [0.1, 0.15) is 5.75 Å². The normalized spacial score (nSPS) is 11.4. The minimum atomic E-state index is -3.48. The molecular weight excluding hydrogens is 242 g/mol. The van der Waals surface area contributed by atoms with E-state index in [-0.39, 0.29) is 18.0 Å². The second kappa shape index (κ2) is 6.58. The lowest BCUT2D eigenvalue weighted by Gasteiger charge is -2.07. The van der Waals surface area contributed by atoms with Gasteiger partial charge in [0.05, 0.1) is 11.5 Å². The zero-order chi connectivity index (χ0) is 12.7. The summed E-state index contributed by atoms with van der Waals surface area (Å²) in [6.45, 7) is 2.60. The number of aliphatic hydroxyl groups excluding tert-OH is 1. The molecule has 1 rings (SSSR count). The van der Waals surface area contributed by atoms with Crippen molar-refractivity contribution in [3.05, 3.63) is 24.3 Å². The van der Waals surface area contributed by atoms with Gasteiger partial charge in [-0.05, 0) is 37.6 Å². The van der Waals surface area contributed by atoms with E-state index in [0.717, 1.165) is 0 Å². The van der Waals surface area contributed by atoms with Gasteiger partial charge in [-0.15, -0.1) is 0 Å². The number of sulfonamides is 1. The molecular formula is C11H17NO4S. The summed E-state index contributed by atoms with van der Waals surface area (Å²) in [7, 11) is -3.48. The molecule has 0 saturated carbocycles. The minimum absolute atomic E-state index is 0.0359. The van der Waals surface area contributed by atoms with Gasteiger partial charge in [0.2, 0.25) is 10.0 Å². The zero-order valence-electron chi connectivity index (χ0n) is 9.72. The van der Waals surface area contributed by atoms with Crippen molar-refractivity contribution in [2.75, 3.05) is 19.8 Å². The van der Waals surface area contributed by atoms with Crippen LogP contribution >= 0.6 is 0 Å². The van der Waals surface area contributed by atoms with Gasteiger partial charge in [0.25, 0.3) is 0 Å². The lowest BCUT2D eigenvalue weighted by Crippen LogP contribution is -2.25. The number of nitrogens with one attached hydrogen (secondary N) is 1. The molecule has 6 heteroatoms. The first kappa shape index (κ1) is 14.0. The SMILES string of the molecule is CCOc1ccc(S(=O)(=O)NCCCO)cc1. The Labute approximate surface area is 101 Å². The van der Waals surface area contributed by atoms with Crippen LogP contribution in [0.15, 0.2) is 29.2 Å². The second-order valence-corrected chi connectivity index (χ2v) is 5.15. The molecule has 5 nitrogen and oxygen atoms in total. The number of ether oxygens (including phenoxy) is 1. The molecule has 0 amide bonds. The largest absolute Gasteiger partial charge is 0.494 e. The summed E-state index contributed by atoms with van der Waals surface area (Å²) in [5, 5.41) is 8.58. The highest BCUT2D eigenvalue weighted by Crippen LogP contribution is 2.15. The molecule has 0 fully saturated rings. The highest BCUT2D eigenvalue weighted by Gasteiger charge is 2.12. The van der Waals surface area contributed by atoms with Crippen molar-refractivity contribution in [2.45, 2.75) is 18.2 Å². The maximum absolute atomic E-state index is 11.7. The van der Waals surface area contributed by atoms with Gasteiger partial charge in [-0.25, -0.2) is 13.1 Å². The van der Waals surface area contributed by atoms with E-state index < -0.39 is 10.0 Å². The summed E-state index contributed by atoms with van der Waals surface area (Å²) in [5.74, 6) is 0.641. The fourth-order valence-corrected chi connectivity index (χ4v) is 2.32. The Morgan fingerprint density at radius 2 is 1.94 bits per heavy atom. The third kappa shape index (κ3) is 4.33. The van der Waals surface area contributed by atoms with Gasteiger partial charge in [-0.3, -0.25) is 0 Å². The van der Waals surface area contributed by atoms with Gasteiger partial charge < -0.3 is 9.84 Å². The first-order chi connectivity index (χ1) is 8.10. The van der Waals surface area contributed by atoms with Gasteiger partial charge in [-0.1, -0.05) is 0 Å². The van der Waals surface area contributed by atoms with Gasteiger partial charge >= 0.3 is 0 Å². The van der Waals surface area contributed by atoms with Crippen molar-refractivity contribution >= 4 is 10.0 Å². The maximum Gasteiger partial charge on any atom is 0.240 e. The van der Waals surface area contributed by atoms with Crippen LogP contribution in [0.1, 0.15) is 13.3 Å². The summed E-state index contributed by atoms with van der Waals surface area (Å²) in [6, 6.07) is 6.22. The lowest BCUT2D eigenvalue weighted by atomic mass is 10.3. The Hall–Kier alpha value is -1.11. The third-order valence-electron chi connectivity index (χ3n) is 2.07. The number of benzene rings is 1. The molecule has 0 spiro atoms. The summed E-state index contributed by atoms with van der Waals surface area (Å²) < 4.78 is 31.1. The summed E-state index contributed by atoms with van der Waals surface area (Å²) in [5.41, 5.74) is 0. The van der Waals surface area contributed by atoms with Gasteiger partial charge in [-0.2, -0.15) is 0 Å². The molecule has 96 valence electrons. The molecule has 17 heavy (non-hydrogen) atoms. The minimum Gasteiger partial charge on any atom is -0.494 e. The van der Waals surface area contributed by atoms with E-state index in [0.29, 0.717) is 18.8 Å². The zero-order valence-corrected chi connectivity index (χ0v) is 10.5. The van der Waals surface area contributed by atoms with Crippen LogP contribution in [0.3, 0.4) is 0 Å². The number of rotatable bonds is 7. The quantitative estimate of drug-likeness (QED) is 0.708. The van der Waals surface area contributed by atoms with Crippen molar-refractivity contribution < 1.29 is 18.3 Å². The Balaban J connectivity index is 2.71. The predicted molar refractivity (Wildman–Crippen MR) is 64.5 cm³/mol. The molecule has 0 radical (unpaired) electrons. The summed E-state index contributed by atoms with van der Waals surface area (Å²) in [6.07, 6.45) is 0.399. The van der Waals surface area contributed by atoms with Crippen LogP contribution in [0.2, 0.25) is 0 Å². The van der Waals surface area contributed by atoms with Crippen LogP contribution in [0, 0.1) is 0 Å². The van der Waals surface area contributed by atoms with Gasteiger partial charge in [0.15, 0.2) is 0 Å². The number of hydrogen-bond acceptors (Lipinski definition) is 4. The van der Waals surface area contributed by atoms with Crippen LogP contribution in [0.4, 0.5) is 0 Å². The van der Waals surface area contributed by atoms with E-state index in [9.17, 15) is 8.42 Å². The van der Waals surface area contributed by atoms with Crippen molar-refractivity contribution in [2.24, 2.45) is 0 Å². The monoisotopic (exact) mass is 259 g/mol. The molecule has 0 bridgehead atoms. The molecule has 0 aliphatic rings. The smallest absolute Gasteiger partial charge is 0.240 e. The van der Waals surface area contributed by atoms with E-state index in [4.69, 9.17) is 9.84 Å². The van der Waals surface area contributed by atoms with E-state index in [1.54, 1.807) is 12.1 Å². The molecule has 2 N–H and O–H groups in total. The van der Waals surface area contributed by atoms with Crippen LogP contribution in [-0.4, -0.2) is 33.3 Å². The van der Waals surface area contributed by atoms with Crippen molar-refractivity contribution in [3.8, 4) is 5.75 Å². The summed E-state index contributed by atoms with van der Waals surface area (Å²) >= 11 is 0. The molecule has 0 aromatic heterocycles. The Kier molecular flexibility index (Phi) is 5.40. The molecule has 0 atom stereocenters. The highest BCUT2D eigenvalue weighted by molar-refractivity contribution is 7.89. The van der Waals surface area contributed by atoms with E-state index in [1.165, 1.54) is 12.1 Å². The third-order valence-corrected chi connectivity index (χ3v) is 3.55. The van der Waals surface area contributed by atoms with E-state index in [2.05, 4.69) is 4.72 Å². The molecule has 1 aromatic carbocycles. The fraction of sp³-hybridized carbons (Fsp3) is 0.455. The van der Waals surface area contributed by atoms with E-state index >= 15 is 0 Å². The first-order valence-electron chi connectivity index (χ1n) is 5.43. The van der Waals surface area contributed by atoms with Gasteiger partial charge in [0, 0.05) is 13.2 Å². The van der Waals surface area contributed by atoms with E-state index in [1.807, 2.05) is 6.92 Å². The maximum atomic E-state index is 11.7. The Morgan fingerprint density at radius 3 is 2.47 bits per heavy atom. The van der Waals surface area contributed by atoms with Crippen molar-refractivity contribution in [1.29, 1.82) is 0 Å². The van der Waals surface area contributed by atoms with Crippen LogP contribution in [-0.2, 0) is 10.0 Å². The molecule has 0 heterocycles. The molecule has 0 aliphatic carbocycles. The van der Waals surface area contributed by atoms with Crippen LogP contribution in [0.5, 0.6) is 5.75 Å². The Morgan fingerprint density at radius 1 is 1.29 bits per heavy atom. The topological polar surface area (TPSA) is 75.6 Å².